The van der Waals surface area contributed by atoms with Gasteiger partial charge in [-0.05, 0) is 24.1 Å². The van der Waals surface area contributed by atoms with Gasteiger partial charge in [0.1, 0.15) is 12.0 Å². The highest BCUT2D eigenvalue weighted by Gasteiger charge is 2.30. The summed E-state index contributed by atoms with van der Waals surface area (Å²) in [6.45, 7) is 0.858. The minimum absolute atomic E-state index is 0.256. The summed E-state index contributed by atoms with van der Waals surface area (Å²) >= 11 is 0. The average molecular weight is 342 g/mol. The molecule has 26 heavy (non-hydrogen) atoms. The summed E-state index contributed by atoms with van der Waals surface area (Å²) in [7, 11) is 0. The molecule has 1 aromatic heterocycles. The molecule has 0 amide bonds. The molecule has 126 valence electrons. The molecule has 0 unspecified atom stereocenters. The van der Waals surface area contributed by atoms with E-state index in [0.717, 1.165) is 41.3 Å². The van der Waals surface area contributed by atoms with Crippen LogP contribution >= 0.6 is 0 Å². The number of carboxylic acid groups (broad SMARTS) is 1. The Kier molecular flexibility index (Phi) is 3.12. The molecule has 0 saturated carbocycles. The fourth-order valence-electron chi connectivity index (χ4n) is 3.63. The third-order valence-electron chi connectivity index (χ3n) is 4.82. The van der Waals surface area contributed by atoms with Gasteiger partial charge in [0.05, 0.1) is 23.2 Å². The van der Waals surface area contributed by atoms with Crippen LogP contribution < -0.4 is 4.90 Å². The molecule has 0 saturated heterocycles. The fourth-order valence-corrected chi connectivity index (χ4v) is 3.63. The SMILES string of the molecule is O=C(O)c1ccc(C2=Nc3cncnc3N3CCc4cccc2c43)cc1. The van der Waals surface area contributed by atoms with Crippen molar-refractivity contribution in [2.75, 3.05) is 11.4 Å². The molecule has 0 atom stereocenters. The van der Waals surface area contributed by atoms with E-state index >= 15 is 0 Å². The van der Waals surface area contributed by atoms with Gasteiger partial charge in [-0.25, -0.2) is 19.8 Å². The first-order valence-corrected chi connectivity index (χ1v) is 8.34. The van der Waals surface area contributed by atoms with Gasteiger partial charge in [-0.1, -0.05) is 30.3 Å². The summed E-state index contributed by atoms with van der Waals surface area (Å²) in [6, 6.07) is 13.0. The lowest BCUT2D eigenvalue weighted by atomic mass is 9.97. The van der Waals surface area contributed by atoms with E-state index in [0.29, 0.717) is 5.69 Å². The Balaban J connectivity index is 1.77. The molecule has 2 aromatic carbocycles. The second-order valence-electron chi connectivity index (χ2n) is 6.29. The van der Waals surface area contributed by atoms with Crippen molar-refractivity contribution >= 4 is 28.9 Å². The van der Waals surface area contributed by atoms with Gasteiger partial charge in [-0.3, -0.25) is 0 Å². The largest absolute Gasteiger partial charge is 0.478 e. The van der Waals surface area contributed by atoms with Crippen molar-refractivity contribution in [3.63, 3.8) is 0 Å². The van der Waals surface area contributed by atoms with Crippen LogP contribution in [0.3, 0.4) is 0 Å². The maximum Gasteiger partial charge on any atom is 0.335 e. The quantitative estimate of drug-likeness (QED) is 0.773. The number of aliphatic imine (C=N–C) groups is 1. The van der Waals surface area contributed by atoms with Crippen molar-refractivity contribution in [2.45, 2.75) is 6.42 Å². The first kappa shape index (κ1) is 14.8. The van der Waals surface area contributed by atoms with Crippen molar-refractivity contribution in [3.8, 4) is 0 Å². The molecule has 0 fully saturated rings. The number of aromatic carboxylic acids is 1. The maximum atomic E-state index is 11.1. The Bertz CT molecular complexity index is 1070. The number of carboxylic acids is 1. The summed E-state index contributed by atoms with van der Waals surface area (Å²) in [5.74, 6) is -0.131. The molecule has 3 heterocycles. The van der Waals surface area contributed by atoms with E-state index in [1.807, 2.05) is 6.07 Å². The summed E-state index contributed by atoms with van der Waals surface area (Å²) < 4.78 is 0. The molecule has 0 radical (unpaired) electrons. The van der Waals surface area contributed by atoms with Crippen LogP contribution in [0.15, 0.2) is 60.0 Å². The van der Waals surface area contributed by atoms with Crippen LogP contribution in [-0.2, 0) is 6.42 Å². The Labute approximate surface area is 149 Å². The van der Waals surface area contributed by atoms with Gasteiger partial charge in [0.2, 0.25) is 0 Å². The van der Waals surface area contributed by atoms with E-state index in [1.165, 1.54) is 5.56 Å². The monoisotopic (exact) mass is 342 g/mol. The minimum atomic E-state index is -0.940. The molecule has 3 aromatic rings. The fraction of sp³-hybridized carbons (Fsp3) is 0.100. The predicted molar refractivity (Wildman–Crippen MR) is 97.9 cm³/mol. The number of rotatable bonds is 2. The van der Waals surface area contributed by atoms with Gasteiger partial charge in [0, 0.05) is 17.7 Å². The van der Waals surface area contributed by atoms with Crippen LogP contribution in [0, 0.1) is 0 Å². The van der Waals surface area contributed by atoms with Crippen molar-refractivity contribution in [2.24, 2.45) is 4.99 Å². The Morgan fingerprint density at radius 3 is 2.77 bits per heavy atom. The minimum Gasteiger partial charge on any atom is -0.478 e. The number of anilines is 2. The predicted octanol–water partition coefficient (Wildman–Crippen LogP) is 3.35. The number of benzene rings is 2. The average Bonchev–Trinajstić information content (AvgIpc) is 3.04. The smallest absolute Gasteiger partial charge is 0.335 e. The number of nitrogens with zero attached hydrogens (tertiary/aromatic N) is 4. The number of aromatic nitrogens is 2. The van der Waals surface area contributed by atoms with Crippen LogP contribution in [0.1, 0.15) is 27.0 Å². The lowest BCUT2D eigenvalue weighted by molar-refractivity contribution is 0.0697. The van der Waals surface area contributed by atoms with Crippen molar-refractivity contribution in [3.05, 3.63) is 77.2 Å². The third kappa shape index (κ3) is 2.12. The van der Waals surface area contributed by atoms with E-state index in [4.69, 9.17) is 10.1 Å². The van der Waals surface area contributed by atoms with Crippen LogP contribution in [0.4, 0.5) is 17.2 Å². The molecular weight excluding hydrogens is 328 g/mol. The molecule has 2 aliphatic heterocycles. The second kappa shape index (κ2) is 5.49. The molecular formula is C20H14N4O2. The zero-order valence-corrected chi connectivity index (χ0v) is 13.8. The summed E-state index contributed by atoms with van der Waals surface area (Å²) in [6.07, 6.45) is 4.22. The van der Waals surface area contributed by atoms with Gasteiger partial charge in [-0.2, -0.15) is 0 Å². The molecule has 0 spiro atoms. The third-order valence-corrected chi connectivity index (χ3v) is 4.82. The molecule has 0 aliphatic carbocycles. The van der Waals surface area contributed by atoms with Crippen LogP contribution in [0.25, 0.3) is 0 Å². The van der Waals surface area contributed by atoms with Gasteiger partial charge in [0.25, 0.3) is 0 Å². The van der Waals surface area contributed by atoms with Gasteiger partial charge < -0.3 is 10.0 Å². The summed E-state index contributed by atoms with van der Waals surface area (Å²) in [5, 5.41) is 9.14. The highest BCUT2D eigenvalue weighted by molar-refractivity contribution is 6.19. The number of hydrogen-bond acceptors (Lipinski definition) is 5. The lowest BCUT2D eigenvalue weighted by Crippen LogP contribution is -2.16. The highest BCUT2D eigenvalue weighted by atomic mass is 16.4. The summed E-state index contributed by atoms with van der Waals surface area (Å²) in [5.41, 5.74) is 6.07. The van der Waals surface area contributed by atoms with Gasteiger partial charge in [-0.15, -0.1) is 0 Å². The number of carbonyl (C=O) groups is 1. The van der Waals surface area contributed by atoms with Gasteiger partial charge >= 0.3 is 5.97 Å². The normalized spacial score (nSPS) is 14.3. The molecule has 6 heteroatoms. The molecule has 0 bridgehead atoms. The van der Waals surface area contributed by atoms with Gasteiger partial charge in [0.15, 0.2) is 5.82 Å². The van der Waals surface area contributed by atoms with E-state index in [1.54, 1.807) is 36.8 Å². The topological polar surface area (TPSA) is 78.7 Å². The van der Waals surface area contributed by atoms with Crippen molar-refractivity contribution in [1.29, 1.82) is 0 Å². The first-order valence-electron chi connectivity index (χ1n) is 8.34. The van der Waals surface area contributed by atoms with E-state index in [9.17, 15) is 4.79 Å². The summed E-state index contributed by atoms with van der Waals surface area (Å²) in [4.78, 5) is 26.8. The Morgan fingerprint density at radius 2 is 1.96 bits per heavy atom. The second-order valence-corrected chi connectivity index (χ2v) is 6.29. The maximum absolute atomic E-state index is 11.1. The Hall–Kier alpha value is -3.54. The van der Waals surface area contributed by atoms with E-state index < -0.39 is 5.97 Å². The van der Waals surface area contributed by atoms with Crippen LogP contribution in [0.5, 0.6) is 0 Å². The van der Waals surface area contributed by atoms with Crippen LogP contribution in [0.2, 0.25) is 0 Å². The van der Waals surface area contributed by atoms with Crippen LogP contribution in [-0.4, -0.2) is 33.3 Å². The van der Waals surface area contributed by atoms with E-state index in [-0.39, 0.29) is 5.56 Å². The first-order chi connectivity index (χ1) is 12.7. The van der Waals surface area contributed by atoms with E-state index in [2.05, 4.69) is 27.0 Å². The number of fused-ring (bicyclic) bond motifs is 2. The molecule has 5 rings (SSSR count). The lowest BCUT2D eigenvalue weighted by Gasteiger charge is -2.19. The number of hydrogen-bond donors (Lipinski definition) is 1. The highest BCUT2D eigenvalue weighted by Crippen LogP contribution is 2.43. The molecule has 2 aliphatic rings. The molecule has 6 nitrogen and oxygen atoms in total. The number of para-hydroxylation sites is 1. The van der Waals surface area contributed by atoms with Crippen molar-refractivity contribution < 1.29 is 9.90 Å². The zero-order chi connectivity index (χ0) is 17.7. The zero-order valence-electron chi connectivity index (χ0n) is 13.8. The Morgan fingerprint density at radius 1 is 1.12 bits per heavy atom. The van der Waals surface area contributed by atoms with Crippen molar-refractivity contribution in [1.82, 2.24) is 9.97 Å². The molecule has 1 N–H and O–H groups in total. The standard InChI is InChI=1S/C20H14N4O2/c25-20(26)14-6-4-12(5-7-14)17-15-3-1-2-13-8-9-24(18(13)15)19-16(23-17)10-21-11-22-19/h1-7,10-11H,8-9H2,(H,25,26).